The first kappa shape index (κ1) is 16.5. The summed E-state index contributed by atoms with van der Waals surface area (Å²) < 4.78 is 0. The van der Waals surface area contributed by atoms with Gasteiger partial charge in [-0.25, -0.2) is 0 Å². The number of rotatable bonds is 6. The molecule has 1 aliphatic heterocycles. The molecule has 1 aliphatic rings. The highest BCUT2D eigenvalue weighted by atomic mass is 15.3. The topological polar surface area (TPSA) is 15.3 Å². The first-order chi connectivity index (χ1) is 10.0. The molecule has 0 amide bonds. The number of nitrogens with zero attached hydrogens (tertiary/aromatic N) is 1. The molecule has 21 heavy (non-hydrogen) atoms. The molecule has 1 N–H and O–H groups in total. The predicted octanol–water partition coefficient (Wildman–Crippen LogP) is 3.72. The fourth-order valence-corrected chi connectivity index (χ4v) is 3.40. The minimum atomic E-state index is 0.273. The van der Waals surface area contributed by atoms with Crippen molar-refractivity contribution in [3.8, 4) is 0 Å². The van der Waals surface area contributed by atoms with Gasteiger partial charge in [0.25, 0.3) is 0 Å². The molecule has 2 unspecified atom stereocenters. The van der Waals surface area contributed by atoms with E-state index >= 15 is 0 Å². The van der Waals surface area contributed by atoms with Crippen LogP contribution in [0.5, 0.6) is 0 Å². The van der Waals surface area contributed by atoms with Gasteiger partial charge in [-0.05, 0) is 38.2 Å². The van der Waals surface area contributed by atoms with Gasteiger partial charge < -0.3 is 5.32 Å². The van der Waals surface area contributed by atoms with Gasteiger partial charge in [-0.2, -0.15) is 0 Å². The Morgan fingerprint density at radius 2 is 2.00 bits per heavy atom. The summed E-state index contributed by atoms with van der Waals surface area (Å²) in [6.07, 6.45) is 3.76. The fraction of sp³-hybridized carbons (Fsp3) is 0.684. The van der Waals surface area contributed by atoms with Crippen molar-refractivity contribution in [2.45, 2.75) is 58.5 Å². The van der Waals surface area contributed by atoms with Crippen LogP contribution in [0, 0.1) is 5.92 Å². The summed E-state index contributed by atoms with van der Waals surface area (Å²) in [4.78, 5) is 2.71. The monoisotopic (exact) mass is 288 g/mol. The van der Waals surface area contributed by atoms with Gasteiger partial charge >= 0.3 is 0 Å². The molecule has 1 heterocycles. The molecule has 1 saturated heterocycles. The third kappa shape index (κ3) is 4.82. The summed E-state index contributed by atoms with van der Waals surface area (Å²) in [6, 6.07) is 11.4. The van der Waals surface area contributed by atoms with Crippen molar-refractivity contribution in [2.24, 2.45) is 5.92 Å². The summed E-state index contributed by atoms with van der Waals surface area (Å²) in [7, 11) is 0. The van der Waals surface area contributed by atoms with Crippen molar-refractivity contribution in [3.05, 3.63) is 35.9 Å². The van der Waals surface area contributed by atoms with Gasteiger partial charge in [-0.15, -0.1) is 0 Å². The lowest BCUT2D eigenvalue weighted by Gasteiger charge is -2.47. The lowest BCUT2D eigenvalue weighted by molar-refractivity contribution is 0.0516. The Morgan fingerprint density at radius 1 is 1.29 bits per heavy atom. The summed E-state index contributed by atoms with van der Waals surface area (Å²) in [5.74, 6) is 0.796. The molecule has 2 heteroatoms. The fourth-order valence-electron chi connectivity index (χ4n) is 3.40. The van der Waals surface area contributed by atoms with Crippen LogP contribution in [0.2, 0.25) is 0 Å². The van der Waals surface area contributed by atoms with Gasteiger partial charge in [0.15, 0.2) is 0 Å². The van der Waals surface area contributed by atoms with Crippen LogP contribution in [-0.2, 0) is 6.42 Å². The molecule has 2 rings (SSSR count). The van der Waals surface area contributed by atoms with Gasteiger partial charge in [0.2, 0.25) is 0 Å². The normalized spacial score (nSPS) is 23.9. The number of nitrogens with one attached hydrogen (secondary N) is 1. The number of piperazine rings is 1. The zero-order valence-corrected chi connectivity index (χ0v) is 14.2. The molecule has 1 aromatic rings. The van der Waals surface area contributed by atoms with Crippen molar-refractivity contribution in [1.82, 2.24) is 10.2 Å². The van der Waals surface area contributed by atoms with Crippen LogP contribution in [0.15, 0.2) is 30.3 Å². The van der Waals surface area contributed by atoms with E-state index in [1.54, 1.807) is 0 Å². The van der Waals surface area contributed by atoms with Crippen LogP contribution in [0.25, 0.3) is 0 Å². The molecular weight excluding hydrogens is 256 g/mol. The van der Waals surface area contributed by atoms with E-state index in [2.05, 4.69) is 68.2 Å². The molecule has 0 aliphatic carbocycles. The summed E-state index contributed by atoms with van der Waals surface area (Å²) >= 11 is 0. The van der Waals surface area contributed by atoms with Crippen molar-refractivity contribution < 1.29 is 0 Å². The van der Waals surface area contributed by atoms with E-state index in [1.807, 2.05) is 0 Å². The summed E-state index contributed by atoms with van der Waals surface area (Å²) in [5, 5.41) is 3.75. The molecule has 0 bridgehead atoms. The van der Waals surface area contributed by atoms with E-state index in [0.717, 1.165) is 25.4 Å². The lowest BCUT2D eigenvalue weighted by Crippen LogP contribution is -2.63. The van der Waals surface area contributed by atoms with Crippen molar-refractivity contribution in [1.29, 1.82) is 0 Å². The number of hydrogen-bond acceptors (Lipinski definition) is 2. The van der Waals surface area contributed by atoms with Crippen LogP contribution in [0.4, 0.5) is 0 Å². The second kappa shape index (κ2) is 7.42. The molecule has 1 fully saturated rings. The van der Waals surface area contributed by atoms with Crippen molar-refractivity contribution in [3.63, 3.8) is 0 Å². The maximum atomic E-state index is 3.75. The highest BCUT2D eigenvalue weighted by Gasteiger charge is 2.34. The quantitative estimate of drug-likeness (QED) is 0.858. The Balaban J connectivity index is 1.95. The van der Waals surface area contributed by atoms with Crippen molar-refractivity contribution >= 4 is 0 Å². The Kier molecular flexibility index (Phi) is 5.83. The second-order valence-electron chi connectivity index (χ2n) is 7.38. The van der Waals surface area contributed by atoms with E-state index in [9.17, 15) is 0 Å². The van der Waals surface area contributed by atoms with E-state index in [0.29, 0.717) is 6.04 Å². The maximum absolute atomic E-state index is 3.75. The second-order valence-corrected chi connectivity index (χ2v) is 7.38. The number of benzene rings is 1. The first-order valence-electron chi connectivity index (χ1n) is 8.53. The standard InChI is InChI=1S/C19H32N2/c1-5-9-16(2)13-21-14-18(20-15-19(21,3)4)12-17-10-7-6-8-11-17/h6-8,10-11,16,18,20H,5,9,12-15H2,1-4H3. The van der Waals surface area contributed by atoms with Crippen LogP contribution < -0.4 is 5.32 Å². The van der Waals surface area contributed by atoms with Crippen LogP contribution in [0.1, 0.15) is 46.1 Å². The van der Waals surface area contributed by atoms with E-state index in [4.69, 9.17) is 0 Å². The number of hydrogen-bond donors (Lipinski definition) is 1. The highest BCUT2D eigenvalue weighted by Crippen LogP contribution is 2.22. The third-order valence-corrected chi connectivity index (χ3v) is 4.76. The highest BCUT2D eigenvalue weighted by molar-refractivity contribution is 5.16. The van der Waals surface area contributed by atoms with Gasteiger partial charge in [0.05, 0.1) is 0 Å². The summed E-state index contributed by atoms with van der Waals surface area (Å²) in [5.41, 5.74) is 1.71. The SMILES string of the molecule is CCCC(C)CN1CC(Cc2ccccc2)NCC1(C)C. The Morgan fingerprint density at radius 3 is 2.67 bits per heavy atom. The lowest BCUT2D eigenvalue weighted by atomic mass is 9.92. The molecular formula is C19H32N2. The van der Waals surface area contributed by atoms with Crippen molar-refractivity contribution in [2.75, 3.05) is 19.6 Å². The van der Waals surface area contributed by atoms with Crippen LogP contribution in [-0.4, -0.2) is 36.1 Å². The van der Waals surface area contributed by atoms with E-state index in [-0.39, 0.29) is 5.54 Å². The van der Waals surface area contributed by atoms with E-state index < -0.39 is 0 Å². The average Bonchev–Trinajstić information content (AvgIpc) is 2.44. The summed E-state index contributed by atoms with van der Waals surface area (Å²) in [6.45, 7) is 12.9. The molecule has 2 nitrogen and oxygen atoms in total. The minimum absolute atomic E-state index is 0.273. The first-order valence-corrected chi connectivity index (χ1v) is 8.53. The predicted molar refractivity (Wildman–Crippen MR) is 91.7 cm³/mol. The Bertz CT molecular complexity index is 413. The Labute approximate surface area is 130 Å². The molecule has 0 aromatic heterocycles. The van der Waals surface area contributed by atoms with Gasteiger partial charge in [-0.1, -0.05) is 50.6 Å². The average molecular weight is 288 g/mol. The third-order valence-electron chi connectivity index (χ3n) is 4.76. The van der Waals surface area contributed by atoms with E-state index in [1.165, 1.54) is 24.9 Å². The minimum Gasteiger partial charge on any atom is -0.311 e. The zero-order valence-electron chi connectivity index (χ0n) is 14.2. The van der Waals surface area contributed by atoms with Crippen LogP contribution >= 0.6 is 0 Å². The smallest absolute Gasteiger partial charge is 0.0278 e. The molecule has 0 spiro atoms. The zero-order chi connectivity index (χ0) is 15.3. The van der Waals surface area contributed by atoms with Gasteiger partial charge in [-0.3, -0.25) is 4.90 Å². The van der Waals surface area contributed by atoms with Gasteiger partial charge in [0, 0.05) is 31.2 Å². The molecule has 118 valence electrons. The largest absolute Gasteiger partial charge is 0.311 e. The molecule has 2 atom stereocenters. The maximum Gasteiger partial charge on any atom is 0.0278 e. The van der Waals surface area contributed by atoms with Gasteiger partial charge in [0.1, 0.15) is 0 Å². The molecule has 0 radical (unpaired) electrons. The van der Waals surface area contributed by atoms with Crippen LogP contribution in [0.3, 0.4) is 0 Å². The molecule has 0 saturated carbocycles. The Hall–Kier alpha value is -0.860. The molecule has 1 aromatic carbocycles.